The van der Waals surface area contributed by atoms with E-state index in [-0.39, 0.29) is 10.6 Å². The first-order valence-electron chi connectivity index (χ1n) is 6.32. The van der Waals surface area contributed by atoms with Crippen molar-refractivity contribution >= 4 is 31.9 Å². The standard InChI is InChI=1S/C16H15Br2FO/c1-20-13-6-2-11(3-7-13)4-8-14(17)12-5-9-16(19)15(18)10-12/h2-3,5-7,9-10,14H,4,8H2,1H3. The van der Waals surface area contributed by atoms with Crippen LogP contribution in [0.4, 0.5) is 4.39 Å². The van der Waals surface area contributed by atoms with Crippen LogP contribution in [0.5, 0.6) is 5.75 Å². The first-order chi connectivity index (χ1) is 9.60. The van der Waals surface area contributed by atoms with Crippen LogP contribution in [0.15, 0.2) is 46.9 Å². The second kappa shape index (κ2) is 7.23. The highest BCUT2D eigenvalue weighted by atomic mass is 79.9. The summed E-state index contributed by atoms with van der Waals surface area (Å²) in [4.78, 5) is 0.210. The number of ether oxygens (including phenoxy) is 1. The van der Waals surface area contributed by atoms with Gasteiger partial charge in [0, 0.05) is 4.83 Å². The van der Waals surface area contributed by atoms with Crippen LogP contribution in [0.1, 0.15) is 22.4 Å². The molecule has 2 rings (SSSR count). The lowest BCUT2D eigenvalue weighted by atomic mass is 10.0. The summed E-state index contributed by atoms with van der Waals surface area (Å²) in [5, 5.41) is 0. The van der Waals surface area contributed by atoms with E-state index in [1.165, 1.54) is 11.6 Å². The summed E-state index contributed by atoms with van der Waals surface area (Å²) in [5.74, 6) is 0.634. The molecular weight excluding hydrogens is 387 g/mol. The molecule has 0 bridgehead atoms. The van der Waals surface area contributed by atoms with Crippen molar-refractivity contribution in [3.63, 3.8) is 0 Å². The van der Waals surface area contributed by atoms with Gasteiger partial charge in [-0.3, -0.25) is 0 Å². The van der Waals surface area contributed by atoms with Gasteiger partial charge in [-0.05, 0) is 64.2 Å². The van der Waals surface area contributed by atoms with Gasteiger partial charge < -0.3 is 4.74 Å². The SMILES string of the molecule is COc1ccc(CCC(Br)c2ccc(F)c(Br)c2)cc1. The molecule has 20 heavy (non-hydrogen) atoms. The van der Waals surface area contributed by atoms with Crippen molar-refractivity contribution < 1.29 is 9.13 Å². The molecule has 1 unspecified atom stereocenters. The zero-order valence-corrected chi connectivity index (χ0v) is 14.2. The number of alkyl halides is 1. The third kappa shape index (κ3) is 4.06. The molecule has 1 nitrogen and oxygen atoms in total. The Morgan fingerprint density at radius 1 is 1.15 bits per heavy atom. The van der Waals surface area contributed by atoms with Gasteiger partial charge in [-0.2, -0.15) is 0 Å². The number of hydrogen-bond donors (Lipinski definition) is 0. The fraction of sp³-hybridized carbons (Fsp3) is 0.250. The van der Waals surface area contributed by atoms with Crippen molar-refractivity contribution in [2.45, 2.75) is 17.7 Å². The van der Waals surface area contributed by atoms with Crippen LogP contribution in [0.3, 0.4) is 0 Å². The number of benzene rings is 2. The van der Waals surface area contributed by atoms with Gasteiger partial charge in [0.25, 0.3) is 0 Å². The van der Waals surface area contributed by atoms with Crippen LogP contribution in [0.2, 0.25) is 0 Å². The third-order valence-electron chi connectivity index (χ3n) is 3.15. The van der Waals surface area contributed by atoms with Crippen LogP contribution in [0, 0.1) is 5.82 Å². The van der Waals surface area contributed by atoms with Crippen LogP contribution in [0.25, 0.3) is 0 Å². The number of halogens is 3. The fourth-order valence-electron chi connectivity index (χ4n) is 1.96. The minimum atomic E-state index is -0.233. The Kier molecular flexibility index (Phi) is 5.61. The molecule has 0 N–H and O–H groups in total. The second-order valence-electron chi connectivity index (χ2n) is 4.53. The highest BCUT2D eigenvalue weighted by Gasteiger charge is 2.10. The van der Waals surface area contributed by atoms with Crippen molar-refractivity contribution in [1.29, 1.82) is 0 Å². The van der Waals surface area contributed by atoms with Crippen molar-refractivity contribution in [3.05, 3.63) is 63.9 Å². The predicted molar refractivity (Wildman–Crippen MR) is 87.1 cm³/mol. The van der Waals surface area contributed by atoms with Gasteiger partial charge in [0.1, 0.15) is 11.6 Å². The Labute approximate surface area is 135 Å². The maximum Gasteiger partial charge on any atom is 0.137 e. The zero-order chi connectivity index (χ0) is 14.5. The van der Waals surface area contributed by atoms with E-state index < -0.39 is 0 Å². The molecule has 0 spiro atoms. The first kappa shape index (κ1) is 15.5. The van der Waals surface area contributed by atoms with E-state index in [4.69, 9.17) is 4.74 Å². The largest absolute Gasteiger partial charge is 0.497 e. The number of aryl methyl sites for hydroxylation is 1. The average Bonchev–Trinajstić information content (AvgIpc) is 2.48. The minimum Gasteiger partial charge on any atom is -0.497 e. The fourth-order valence-corrected chi connectivity index (χ4v) is 2.87. The zero-order valence-electron chi connectivity index (χ0n) is 11.1. The molecule has 0 aliphatic heterocycles. The molecule has 0 aliphatic rings. The molecule has 2 aromatic carbocycles. The summed E-state index contributed by atoms with van der Waals surface area (Å²) in [6, 6.07) is 13.2. The van der Waals surface area contributed by atoms with E-state index in [9.17, 15) is 4.39 Å². The Balaban J connectivity index is 1.96. The number of methoxy groups -OCH3 is 1. The first-order valence-corrected chi connectivity index (χ1v) is 8.03. The average molecular weight is 402 g/mol. The molecule has 0 saturated carbocycles. The van der Waals surface area contributed by atoms with E-state index in [1.807, 2.05) is 24.3 Å². The molecule has 0 aromatic heterocycles. The summed E-state index contributed by atoms with van der Waals surface area (Å²) in [6.07, 6.45) is 1.90. The Bertz CT molecular complexity index is 569. The summed E-state index contributed by atoms with van der Waals surface area (Å²) in [7, 11) is 1.66. The van der Waals surface area contributed by atoms with Crippen molar-refractivity contribution in [2.75, 3.05) is 7.11 Å². The summed E-state index contributed by atoms with van der Waals surface area (Å²) < 4.78 is 18.9. The van der Waals surface area contributed by atoms with Crippen LogP contribution < -0.4 is 4.74 Å². The monoisotopic (exact) mass is 400 g/mol. The molecular formula is C16H15Br2FO. The Hall–Kier alpha value is -0.870. The summed E-state index contributed by atoms with van der Waals surface area (Å²) in [5.41, 5.74) is 2.34. The molecule has 0 fully saturated rings. The van der Waals surface area contributed by atoms with Crippen molar-refractivity contribution in [1.82, 2.24) is 0 Å². The van der Waals surface area contributed by atoms with Gasteiger partial charge in [0.15, 0.2) is 0 Å². The molecule has 0 aliphatic carbocycles. The maximum absolute atomic E-state index is 13.2. The third-order valence-corrected chi connectivity index (χ3v) is 4.75. The van der Waals surface area contributed by atoms with Crippen molar-refractivity contribution in [3.8, 4) is 5.75 Å². The molecule has 0 radical (unpaired) electrons. The highest BCUT2D eigenvalue weighted by Crippen LogP contribution is 2.30. The molecule has 0 saturated heterocycles. The minimum absolute atomic E-state index is 0.210. The second-order valence-corrected chi connectivity index (χ2v) is 6.49. The molecule has 0 heterocycles. The normalized spacial score (nSPS) is 12.2. The molecule has 0 amide bonds. The quantitative estimate of drug-likeness (QED) is 0.587. The van der Waals surface area contributed by atoms with E-state index in [1.54, 1.807) is 7.11 Å². The van der Waals surface area contributed by atoms with E-state index in [0.29, 0.717) is 4.47 Å². The number of rotatable bonds is 5. The van der Waals surface area contributed by atoms with Gasteiger partial charge in [0.2, 0.25) is 0 Å². The van der Waals surface area contributed by atoms with E-state index in [0.717, 1.165) is 24.2 Å². The van der Waals surface area contributed by atoms with Crippen LogP contribution in [-0.4, -0.2) is 7.11 Å². The summed E-state index contributed by atoms with van der Waals surface area (Å²) in [6.45, 7) is 0. The Morgan fingerprint density at radius 3 is 2.45 bits per heavy atom. The van der Waals surface area contributed by atoms with Gasteiger partial charge in [0.05, 0.1) is 11.6 Å². The van der Waals surface area contributed by atoms with Gasteiger partial charge >= 0.3 is 0 Å². The maximum atomic E-state index is 13.2. The smallest absolute Gasteiger partial charge is 0.137 e. The lowest BCUT2D eigenvalue weighted by molar-refractivity contribution is 0.414. The summed E-state index contributed by atoms with van der Waals surface area (Å²) >= 11 is 6.88. The topological polar surface area (TPSA) is 9.23 Å². The highest BCUT2D eigenvalue weighted by molar-refractivity contribution is 9.10. The van der Waals surface area contributed by atoms with Crippen molar-refractivity contribution in [2.24, 2.45) is 0 Å². The van der Waals surface area contributed by atoms with Gasteiger partial charge in [-0.15, -0.1) is 0 Å². The van der Waals surface area contributed by atoms with E-state index >= 15 is 0 Å². The van der Waals surface area contributed by atoms with Crippen LogP contribution >= 0.6 is 31.9 Å². The predicted octanol–water partition coefficient (Wildman–Crippen LogP) is 5.67. The Morgan fingerprint density at radius 2 is 1.85 bits per heavy atom. The van der Waals surface area contributed by atoms with Gasteiger partial charge in [-0.1, -0.05) is 34.1 Å². The molecule has 1 atom stereocenters. The molecule has 2 aromatic rings. The lowest BCUT2D eigenvalue weighted by Crippen LogP contribution is -1.95. The molecule has 4 heteroatoms. The number of hydrogen-bond acceptors (Lipinski definition) is 1. The van der Waals surface area contributed by atoms with Gasteiger partial charge in [-0.25, -0.2) is 4.39 Å². The lowest BCUT2D eigenvalue weighted by Gasteiger charge is -2.11. The van der Waals surface area contributed by atoms with Crippen LogP contribution in [-0.2, 0) is 6.42 Å². The molecule has 106 valence electrons. The van der Waals surface area contributed by atoms with E-state index in [2.05, 4.69) is 44.0 Å².